The molecule has 0 bridgehead atoms. The summed E-state index contributed by atoms with van der Waals surface area (Å²) in [5.74, 6) is -2.21. The van der Waals surface area contributed by atoms with E-state index in [4.69, 9.17) is 5.11 Å². The Morgan fingerprint density at radius 1 is 1.43 bits per heavy atom. The van der Waals surface area contributed by atoms with Crippen LogP contribution in [-0.2, 0) is 9.59 Å². The van der Waals surface area contributed by atoms with Crippen molar-refractivity contribution < 1.29 is 19.6 Å². The molecule has 7 heteroatoms. The molecule has 1 amide bonds. The van der Waals surface area contributed by atoms with Gasteiger partial charge in [0.2, 0.25) is 5.91 Å². The summed E-state index contributed by atoms with van der Waals surface area (Å²) in [6.07, 6.45) is 0.963. The first-order valence-corrected chi connectivity index (χ1v) is 6.64. The van der Waals surface area contributed by atoms with E-state index < -0.39 is 28.8 Å². The highest BCUT2D eigenvalue weighted by molar-refractivity contribution is 5.87. The lowest BCUT2D eigenvalue weighted by Gasteiger charge is -2.17. The largest absolute Gasteiger partial charge is 0.480 e. The van der Waals surface area contributed by atoms with Gasteiger partial charge in [-0.3, -0.25) is 14.9 Å². The van der Waals surface area contributed by atoms with Crippen molar-refractivity contribution in [1.82, 2.24) is 5.32 Å². The fourth-order valence-electron chi connectivity index (χ4n) is 1.90. The Labute approximate surface area is 122 Å². The lowest BCUT2D eigenvalue weighted by atomic mass is 9.99. The lowest BCUT2D eigenvalue weighted by molar-refractivity contribution is -0.384. The molecule has 1 unspecified atom stereocenters. The van der Waals surface area contributed by atoms with Crippen molar-refractivity contribution in [2.45, 2.75) is 38.6 Å². The van der Waals surface area contributed by atoms with Crippen molar-refractivity contribution in [2.24, 2.45) is 0 Å². The first-order chi connectivity index (χ1) is 9.86. The molecule has 1 aromatic rings. The molecule has 0 spiro atoms. The Bertz CT molecular complexity index is 544. The highest BCUT2D eigenvalue weighted by Crippen LogP contribution is 2.21. The predicted molar refractivity (Wildman–Crippen MR) is 76.0 cm³/mol. The summed E-state index contributed by atoms with van der Waals surface area (Å²) >= 11 is 0. The number of benzene rings is 1. The monoisotopic (exact) mass is 294 g/mol. The van der Waals surface area contributed by atoms with Gasteiger partial charge in [-0.25, -0.2) is 4.79 Å². The molecular formula is C14H18N2O5. The molecule has 0 fully saturated rings. The third-order valence-electron chi connectivity index (χ3n) is 3.17. The number of hydrogen-bond donors (Lipinski definition) is 2. The Balaban J connectivity index is 2.84. The molecule has 0 radical (unpaired) electrons. The molecule has 1 rings (SSSR count). The van der Waals surface area contributed by atoms with E-state index in [1.54, 1.807) is 13.0 Å². The van der Waals surface area contributed by atoms with E-state index in [1.807, 2.05) is 6.92 Å². The van der Waals surface area contributed by atoms with Crippen LogP contribution in [0.2, 0.25) is 0 Å². The minimum absolute atomic E-state index is 0.101. The average Bonchev–Trinajstić information content (AvgIpc) is 2.45. The molecule has 114 valence electrons. The summed E-state index contributed by atoms with van der Waals surface area (Å²) in [6, 6.07) is 4.82. The molecule has 1 aromatic carbocycles. The smallest absolute Gasteiger partial charge is 0.326 e. The van der Waals surface area contributed by atoms with Gasteiger partial charge in [-0.05, 0) is 18.9 Å². The summed E-state index contributed by atoms with van der Waals surface area (Å²) in [5.41, 5.74) is 0.373. The van der Waals surface area contributed by atoms with Gasteiger partial charge in [0.1, 0.15) is 6.04 Å². The van der Waals surface area contributed by atoms with Gasteiger partial charge in [0.25, 0.3) is 5.69 Å². The number of rotatable bonds is 7. The second-order valence-electron chi connectivity index (χ2n) is 4.76. The van der Waals surface area contributed by atoms with Crippen LogP contribution in [0.5, 0.6) is 0 Å². The van der Waals surface area contributed by atoms with E-state index in [1.165, 1.54) is 18.2 Å². The SMILES string of the molecule is CCC[C@H](NC(=O)C(C)c1cccc([N+](=O)[O-])c1)C(=O)O. The molecule has 0 aliphatic carbocycles. The van der Waals surface area contributed by atoms with E-state index in [0.29, 0.717) is 18.4 Å². The second-order valence-corrected chi connectivity index (χ2v) is 4.76. The van der Waals surface area contributed by atoms with Crippen LogP contribution >= 0.6 is 0 Å². The summed E-state index contributed by atoms with van der Waals surface area (Å²) in [4.78, 5) is 33.3. The number of hydrogen-bond acceptors (Lipinski definition) is 4. The zero-order valence-corrected chi connectivity index (χ0v) is 11.9. The van der Waals surface area contributed by atoms with Crippen LogP contribution in [0.15, 0.2) is 24.3 Å². The number of carboxylic acid groups (broad SMARTS) is 1. The maximum atomic E-state index is 12.1. The molecule has 0 aromatic heterocycles. The molecule has 7 nitrogen and oxygen atoms in total. The van der Waals surface area contributed by atoms with Crippen LogP contribution in [0.25, 0.3) is 0 Å². The van der Waals surface area contributed by atoms with E-state index in [9.17, 15) is 19.7 Å². The topological polar surface area (TPSA) is 110 Å². The minimum Gasteiger partial charge on any atom is -0.480 e. The summed E-state index contributed by atoms with van der Waals surface area (Å²) in [7, 11) is 0. The molecule has 0 heterocycles. The van der Waals surface area contributed by atoms with Crippen LogP contribution in [0.1, 0.15) is 38.2 Å². The van der Waals surface area contributed by atoms with Crippen molar-refractivity contribution >= 4 is 17.6 Å². The maximum Gasteiger partial charge on any atom is 0.326 e. The molecule has 2 N–H and O–H groups in total. The Kier molecular flexibility index (Phi) is 5.83. The van der Waals surface area contributed by atoms with Crippen molar-refractivity contribution in [1.29, 1.82) is 0 Å². The van der Waals surface area contributed by atoms with Crippen molar-refractivity contribution in [3.63, 3.8) is 0 Å². The molecular weight excluding hydrogens is 276 g/mol. The maximum absolute atomic E-state index is 12.1. The number of nitrogens with one attached hydrogen (secondary N) is 1. The summed E-state index contributed by atoms with van der Waals surface area (Å²) in [6.45, 7) is 3.41. The number of amides is 1. The first-order valence-electron chi connectivity index (χ1n) is 6.64. The van der Waals surface area contributed by atoms with Gasteiger partial charge in [-0.1, -0.05) is 25.5 Å². The van der Waals surface area contributed by atoms with Gasteiger partial charge < -0.3 is 10.4 Å². The van der Waals surface area contributed by atoms with Gasteiger partial charge in [-0.15, -0.1) is 0 Å². The zero-order valence-electron chi connectivity index (χ0n) is 11.9. The number of nitro groups is 1. The van der Waals surface area contributed by atoms with Gasteiger partial charge in [0, 0.05) is 12.1 Å². The highest BCUT2D eigenvalue weighted by atomic mass is 16.6. The highest BCUT2D eigenvalue weighted by Gasteiger charge is 2.23. The van der Waals surface area contributed by atoms with Crippen molar-refractivity contribution in [2.75, 3.05) is 0 Å². The summed E-state index contributed by atoms with van der Waals surface area (Å²) in [5, 5.41) is 22.2. The van der Waals surface area contributed by atoms with E-state index in [-0.39, 0.29) is 5.69 Å². The van der Waals surface area contributed by atoms with E-state index in [0.717, 1.165) is 0 Å². The summed E-state index contributed by atoms with van der Waals surface area (Å²) < 4.78 is 0. The van der Waals surface area contributed by atoms with Crippen LogP contribution in [0, 0.1) is 10.1 Å². The van der Waals surface area contributed by atoms with E-state index >= 15 is 0 Å². The van der Waals surface area contributed by atoms with E-state index in [2.05, 4.69) is 5.32 Å². The number of carbonyl (C=O) groups excluding carboxylic acids is 1. The zero-order chi connectivity index (χ0) is 16.0. The molecule has 21 heavy (non-hydrogen) atoms. The number of carbonyl (C=O) groups is 2. The molecule has 0 aliphatic rings. The predicted octanol–water partition coefficient (Wildman–Crippen LogP) is 2.07. The standard InChI is InChI=1S/C14H18N2O5/c1-3-5-12(14(18)19)15-13(17)9(2)10-6-4-7-11(8-10)16(20)21/h4,6-9,12H,3,5H2,1-2H3,(H,15,17)(H,18,19)/t9?,12-/m0/s1. The van der Waals surface area contributed by atoms with Crippen LogP contribution < -0.4 is 5.32 Å². The van der Waals surface area contributed by atoms with Gasteiger partial charge in [-0.2, -0.15) is 0 Å². The van der Waals surface area contributed by atoms with Crippen LogP contribution in [0.3, 0.4) is 0 Å². The van der Waals surface area contributed by atoms with Crippen molar-refractivity contribution in [3.05, 3.63) is 39.9 Å². The number of non-ortho nitro benzene ring substituents is 1. The molecule has 0 aliphatic heterocycles. The third-order valence-corrected chi connectivity index (χ3v) is 3.17. The van der Waals surface area contributed by atoms with Gasteiger partial charge in [0.15, 0.2) is 0 Å². The van der Waals surface area contributed by atoms with Gasteiger partial charge in [0.05, 0.1) is 10.8 Å². The number of aliphatic carboxylic acids is 1. The van der Waals surface area contributed by atoms with Crippen molar-refractivity contribution in [3.8, 4) is 0 Å². The number of nitrogens with zero attached hydrogens (tertiary/aromatic N) is 1. The quantitative estimate of drug-likeness (QED) is 0.591. The average molecular weight is 294 g/mol. The Morgan fingerprint density at radius 3 is 2.62 bits per heavy atom. The Hall–Kier alpha value is -2.44. The third kappa shape index (κ3) is 4.55. The number of carboxylic acids is 1. The first kappa shape index (κ1) is 16.6. The fourth-order valence-corrected chi connectivity index (χ4v) is 1.90. The molecule has 2 atom stereocenters. The minimum atomic E-state index is -1.09. The van der Waals surface area contributed by atoms with Gasteiger partial charge >= 0.3 is 5.97 Å². The van der Waals surface area contributed by atoms with Crippen LogP contribution in [-0.4, -0.2) is 27.9 Å². The number of nitro benzene ring substituents is 1. The molecule has 0 saturated carbocycles. The lowest BCUT2D eigenvalue weighted by Crippen LogP contribution is -2.42. The fraction of sp³-hybridized carbons (Fsp3) is 0.429. The van der Waals surface area contributed by atoms with Crippen LogP contribution in [0.4, 0.5) is 5.69 Å². The second kappa shape index (κ2) is 7.37. The Morgan fingerprint density at radius 2 is 2.10 bits per heavy atom. The molecule has 0 saturated heterocycles. The normalized spacial score (nSPS) is 13.2.